The average Bonchev–Trinajstić information content (AvgIpc) is 3.63. The number of carbonyl (C=O) groups excluding carboxylic acids is 1. The van der Waals surface area contributed by atoms with Gasteiger partial charge in [-0.1, -0.05) is 36.3 Å². The Morgan fingerprint density at radius 2 is 1.86 bits per heavy atom. The molecule has 2 aliphatic rings. The fraction of sp³-hybridized carbons (Fsp3) is 0.462. The van der Waals surface area contributed by atoms with Crippen molar-refractivity contribution in [3.63, 3.8) is 0 Å². The zero-order chi connectivity index (χ0) is 25.1. The van der Waals surface area contributed by atoms with E-state index in [1.165, 1.54) is 9.13 Å². The molecule has 0 atom stereocenters. The number of benzene rings is 1. The molecule has 5 rings (SSSR count). The van der Waals surface area contributed by atoms with Gasteiger partial charge in [0, 0.05) is 38.8 Å². The van der Waals surface area contributed by atoms with Crippen molar-refractivity contribution in [3.8, 4) is 11.8 Å². The summed E-state index contributed by atoms with van der Waals surface area (Å²) in [7, 11) is 0. The summed E-state index contributed by atoms with van der Waals surface area (Å²) in [5.41, 5.74) is 0.634. The molecule has 3 aromatic rings. The van der Waals surface area contributed by atoms with Gasteiger partial charge in [-0.25, -0.2) is 4.79 Å². The van der Waals surface area contributed by atoms with Crippen LogP contribution in [0.4, 0.5) is 5.95 Å². The minimum Gasteiger partial charge on any atom is -0.352 e. The number of carbonyl (C=O) groups is 1. The van der Waals surface area contributed by atoms with Crippen molar-refractivity contribution < 1.29 is 4.79 Å². The fourth-order valence-electron chi connectivity index (χ4n) is 4.56. The second kappa shape index (κ2) is 10.4. The lowest BCUT2D eigenvalue weighted by atomic mass is 10.1. The molecule has 10 heteroatoms. The molecule has 2 aromatic heterocycles. The number of fused-ring (bicyclic) bond motifs is 1. The lowest BCUT2D eigenvalue weighted by Crippen LogP contribution is -2.44. The molecule has 1 aliphatic heterocycles. The second-order valence-electron chi connectivity index (χ2n) is 9.24. The highest BCUT2D eigenvalue weighted by atomic mass is 16.2. The van der Waals surface area contributed by atoms with Gasteiger partial charge in [-0.2, -0.15) is 4.98 Å². The Kier molecular flexibility index (Phi) is 6.91. The molecule has 10 nitrogen and oxygen atoms in total. The van der Waals surface area contributed by atoms with Crippen LogP contribution in [0, 0.1) is 11.8 Å². The lowest BCUT2D eigenvalue weighted by Gasteiger charge is -2.28. The van der Waals surface area contributed by atoms with E-state index in [1.54, 1.807) is 11.5 Å². The molecular weight excluding hydrogens is 458 g/mol. The normalized spacial score (nSPS) is 15.5. The molecule has 36 heavy (non-hydrogen) atoms. The van der Waals surface area contributed by atoms with Crippen LogP contribution in [-0.4, -0.2) is 56.8 Å². The monoisotopic (exact) mass is 489 g/mol. The summed E-state index contributed by atoms with van der Waals surface area (Å²) in [5.74, 6) is 6.30. The number of imidazole rings is 1. The molecule has 1 aromatic carbocycles. The number of hydrogen-bond donors (Lipinski definition) is 2. The van der Waals surface area contributed by atoms with Gasteiger partial charge < -0.3 is 15.5 Å². The summed E-state index contributed by atoms with van der Waals surface area (Å²) in [6, 6.07) is 9.89. The molecule has 3 heterocycles. The second-order valence-corrected chi connectivity index (χ2v) is 9.24. The van der Waals surface area contributed by atoms with Gasteiger partial charge in [0.05, 0.1) is 6.54 Å². The minimum atomic E-state index is -0.521. The van der Waals surface area contributed by atoms with E-state index in [2.05, 4.69) is 27.4 Å². The van der Waals surface area contributed by atoms with Gasteiger partial charge in [0.15, 0.2) is 11.2 Å². The summed E-state index contributed by atoms with van der Waals surface area (Å²) in [6.45, 7) is 5.06. The maximum atomic E-state index is 13.8. The SMILES string of the molecule is CC#CCn1c(N2CCNCC2)nc2c1c(=O)n(CCc1ccccc1)c(=O)n2CC(=O)NC1CC1. The maximum absolute atomic E-state index is 13.8. The van der Waals surface area contributed by atoms with E-state index in [0.29, 0.717) is 17.9 Å². The topological polar surface area (TPSA) is 106 Å². The van der Waals surface area contributed by atoms with Crippen molar-refractivity contribution >= 4 is 23.0 Å². The van der Waals surface area contributed by atoms with Crippen molar-refractivity contribution in [2.75, 3.05) is 31.1 Å². The van der Waals surface area contributed by atoms with E-state index in [-0.39, 0.29) is 37.2 Å². The van der Waals surface area contributed by atoms with Crippen LogP contribution < -0.4 is 26.8 Å². The molecule has 1 aliphatic carbocycles. The summed E-state index contributed by atoms with van der Waals surface area (Å²) in [6.07, 6.45) is 2.41. The molecule has 188 valence electrons. The predicted octanol–water partition coefficient (Wildman–Crippen LogP) is 0.314. The quantitative estimate of drug-likeness (QED) is 0.442. The van der Waals surface area contributed by atoms with E-state index in [1.807, 2.05) is 30.3 Å². The highest BCUT2D eigenvalue weighted by Crippen LogP contribution is 2.21. The lowest BCUT2D eigenvalue weighted by molar-refractivity contribution is -0.121. The van der Waals surface area contributed by atoms with Crippen LogP contribution in [0.5, 0.6) is 0 Å². The molecule has 1 saturated carbocycles. The first-order valence-electron chi connectivity index (χ1n) is 12.5. The van der Waals surface area contributed by atoms with Crippen molar-refractivity contribution in [2.24, 2.45) is 0 Å². The number of aromatic nitrogens is 4. The van der Waals surface area contributed by atoms with E-state index in [4.69, 9.17) is 4.98 Å². The maximum Gasteiger partial charge on any atom is 0.333 e. The van der Waals surface area contributed by atoms with Crippen molar-refractivity contribution in [3.05, 3.63) is 56.7 Å². The summed E-state index contributed by atoms with van der Waals surface area (Å²) in [4.78, 5) is 47.0. The summed E-state index contributed by atoms with van der Waals surface area (Å²) in [5, 5.41) is 6.27. The predicted molar refractivity (Wildman–Crippen MR) is 138 cm³/mol. The van der Waals surface area contributed by atoms with Crippen molar-refractivity contribution in [2.45, 2.75) is 51.9 Å². The molecule has 0 spiro atoms. The highest BCUT2D eigenvalue weighted by molar-refractivity contribution is 5.80. The van der Waals surface area contributed by atoms with Crippen LogP contribution in [0.3, 0.4) is 0 Å². The van der Waals surface area contributed by atoms with Gasteiger partial charge in [0.1, 0.15) is 6.54 Å². The molecule has 0 unspecified atom stereocenters. The Morgan fingerprint density at radius 1 is 1.11 bits per heavy atom. The third-order valence-corrected chi connectivity index (χ3v) is 6.62. The Hall–Kier alpha value is -3.84. The summed E-state index contributed by atoms with van der Waals surface area (Å²) < 4.78 is 4.38. The highest BCUT2D eigenvalue weighted by Gasteiger charge is 2.27. The number of hydrogen-bond acceptors (Lipinski definition) is 6. The van der Waals surface area contributed by atoms with Gasteiger partial charge in [0.2, 0.25) is 11.9 Å². The molecule has 1 amide bonds. The third kappa shape index (κ3) is 4.93. The van der Waals surface area contributed by atoms with E-state index in [9.17, 15) is 14.4 Å². The van der Waals surface area contributed by atoms with Gasteiger partial charge in [0.25, 0.3) is 5.56 Å². The first-order chi connectivity index (χ1) is 17.6. The number of nitrogens with zero attached hydrogens (tertiary/aromatic N) is 5. The number of anilines is 1. The molecule has 0 radical (unpaired) electrons. The number of piperazine rings is 1. The van der Waals surface area contributed by atoms with Gasteiger partial charge in [-0.3, -0.25) is 23.3 Å². The van der Waals surface area contributed by atoms with Gasteiger partial charge in [-0.05, 0) is 31.7 Å². The van der Waals surface area contributed by atoms with Crippen molar-refractivity contribution in [1.29, 1.82) is 0 Å². The van der Waals surface area contributed by atoms with Crippen molar-refractivity contribution in [1.82, 2.24) is 29.3 Å². The zero-order valence-electron chi connectivity index (χ0n) is 20.5. The number of nitrogens with one attached hydrogen (secondary N) is 2. The molecule has 2 N–H and O–H groups in total. The van der Waals surface area contributed by atoms with Gasteiger partial charge in [-0.15, -0.1) is 5.92 Å². The van der Waals surface area contributed by atoms with E-state index >= 15 is 0 Å². The summed E-state index contributed by atoms with van der Waals surface area (Å²) >= 11 is 0. The van der Waals surface area contributed by atoms with Crippen LogP contribution >= 0.6 is 0 Å². The van der Waals surface area contributed by atoms with Crippen LogP contribution in [0.15, 0.2) is 39.9 Å². The largest absolute Gasteiger partial charge is 0.352 e. The number of aryl methyl sites for hydroxylation is 1. The Bertz CT molecular complexity index is 1430. The minimum absolute atomic E-state index is 0.168. The molecular formula is C26H31N7O3. The first kappa shape index (κ1) is 23.9. The Morgan fingerprint density at radius 3 is 2.56 bits per heavy atom. The van der Waals surface area contributed by atoms with Crippen LogP contribution in [-0.2, 0) is 30.8 Å². The smallest absolute Gasteiger partial charge is 0.333 e. The zero-order valence-corrected chi connectivity index (χ0v) is 20.5. The Labute approximate surface area is 208 Å². The van der Waals surface area contributed by atoms with Gasteiger partial charge >= 0.3 is 5.69 Å². The Balaban J connectivity index is 1.65. The van der Waals surface area contributed by atoms with E-state index in [0.717, 1.165) is 44.6 Å². The third-order valence-electron chi connectivity index (χ3n) is 6.62. The van der Waals surface area contributed by atoms with Crippen LogP contribution in [0.1, 0.15) is 25.3 Å². The number of rotatable bonds is 8. The average molecular weight is 490 g/mol. The van der Waals surface area contributed by atoms with Crippen LogP contribution in [0.2, 0.25) is 0 Å². The molecule has 2 fully saturated rings. The fourth-order valence-corrected chi connectivity index (χ4v) is 4.56. The molecule has 1 saturated heterocycles. The standard InChI is InChI=1S/C26H31N7O3/c1-2-3-14-31-22-23(29-25(31)30-16-12-27-13-17-30)33(18-21(34)28-20-9-10-20)26(36)32(24(22)35)15-11-19-7-5-4-6-8-19/h4-8,20,27H,9-18H2,1H3,(H,28,34). The first-order valence-corrected chi connectivity index (χ1v) is 12.5. The van der Waals surface area contributed by atoms with Crippen LogP contribution in [0.25, 0.3) is 11.2 Å². The molecule has 0 bridgehead atoms. The number of amides is 1. The van der Waals surface area contributed by atoms with E-state index < -0.39 is 11.2 Å².